The van der Waals surface area contributed by atoms with Gasteiger partial charge in [0.05, 0.1) is 0 Å². The number of nitrogens with zero attached hydrogens (tertiary/aromatic N) is 2. The van der Waals surface area contributed by atoms with Crippen molar-refractivity contribution in [2.45, 2.75) is 45.2 Å². The summed E-state index contributed by atoms with van der Waals surface area (Å²) in [6, 6.07) is -0.117. The summed E-state index contributed by atoms with van der Waals surface area (Å²) < 4.78 is 29.7. The lowest BCUT2D eigenvalue weighted by Crippen LogP contribution is -2.34. The molecule has 0 spiro atoms. The summed E-state index contributed by atoms with van der Waals surface area (Å²) in [6.07, 6.45) is 2.52. The second kappa shape index (κ2) is 6.33. The molecule has 2 N–H and O–H groups in total. The highest BCUT2D eigenvalue weighted by molar-refractivity contribution is 7.89. The number of hydrogen-bond donors (Lipinski definition) is 2. The van der Waals surface area contributed by atoms with Crippen LogP contribution in [0.15, 0.2) is 16.6 Å². The lowest BCUT2D eigenvalue weighted by molar-refractivity contribution is 0.481. The molecular formula is C13H22N4O2S2. The van der Waals surface area contributed by atoms with Gasteiger partial charge in [0, 0.05) is 24.2 Å². The molecule has 118 valence electrons. The standard InChI is InChI=1S/C13H22N4O2S2/c1-5-14-11-12(17-6-7-20-13(17)15-11)21(18,19)16-10(4)8-9(2)3/h6-7,9-10,14,16H,5,8H2,1-4H3. The predicted octanol–water partition coefficient (Wildman–Crippen LogP) is 2.54. The number of anilines is 1. The van der Waals surface area contributed by atoms with E-state index in [9.17, 15) is 8.42 Å². The van der Waals surface area contributed by atoms with Crippen molar-refractivity contribution in [3.05, 3.63) is 11.6 Å². The summed E-state index contributed by atoms with van der Waals surface area (Å²) in [4.78, 5) is 5.02. The van der Waals surface area contributed by atoms with Gasteiger partial charge in [-0.25, -0.2) is 18.1 Å². The van der Waals surface area contributed by atoms with Crippen LogP contribution in [-0.2, 0) is 10.0 Å². The molecule has 0 amide bonds. The number of nitrogens with one attached hydrogen (secondary N) is 2. The number of imidazole rings is 1. The molecule has 0 aliphatic carbocycles. The molecule has 0 saturated heterocycles. The third kappa shape index (κ3) is 3.56. The minimum Gasteiger partial charge on any atom is -0.368 e. The second-order valence-corrected chi connectivity index (χ2v) is 8.01. The Morgan fingerprint density at radius 3 is 2.71 bits per heavy atom. The first-order valence-corrected chi connectivity index (χ1v) is 9.43. The largest absolute Gasteiger partial charge is 0.368 e. The average molecular weight is 330 g/mol. The molecule has 0 saturated carbocycles. The van der Waals surface area contributed by atoms with Gasteiger partial charge in [0.2, 0.25) is 0 Å². The van der Waals surface area contributed by atoms with E-state index in [-0.39, 0.29) is 11.1 Å². The van der Waals surface area contributed by atoms with Crippen LogP contribution in [-0.4, -0.2) is 30.4 Å². The first-order chi connectivity index (χ1) is 9.85. The first-order valence-electron chi connectivity index (χ1n) is 7.07. The zero-order valence-electron chi connectivity index (χ0n) is 12.8. The van der Waals surface area contributed by atoms with Crippen LogP contribution in [0, 0.1) is 5.92 Å². The maximum Gasteiger partial charge on any atom is 0.260 e. The van der Waals surface area contributed by atoms with Gasteiger partial charge in [0.15, 0.2) is 15.8 Å². The highest BCUT2D eigenvalue weighted by Crippen LogP contribution is 2.26. The van der Waals surface area contributed by atoms with Crippen LogP contribution in [0.25, 0.3) is 4.96 Å². The molecule has 0 fully saturated rings. The third-order valence-corrected chi connectivity index (χ3v) is 5.37. The second-order valence-electron chi connectivity index (χ2n) is 5.50. The molecular weight excluding hydrogens is 308 g/mol. The Bertz CT molecular complexity index is 703. The number of rotatable bonds is 7. The normalized spacial score (nSPS) is 14.0. The van der Waals surface area contributed by atoms with Gasteiger partial charge in [0.25, 0.3) is 10.0 Å². The van der Waals surface area contributed by atoms with Crippen molar-refractivity contribution in [3.63, 3.8) is 0 Å². The van der Waals surface area contributed by atoms with E-state index in [0.29, 0.717) is 23.2 Å². The van der Waals surface area contributed by atoms with Crippen molar-refractivity contribution < 1.29 is 8.42 Å². The molecule has 2 heterocycles. The Morgan fingerprint density at radius 2 is 2.10 bits per heavy atom. The maximum absolute atomic E-state index is 12.7. The molecule has 8 heteroatoms. The van der Waals surface area contributed by atoms with E-state index >= 15 is 0 Å². The molecule has 1 atom stereocenters. The SMILES string of the molecule is CCNc1nc2sccn2c1S(=O)(=O)NC(C)CC(C)C. The van der Waals surface area contributed by atoms with Crippen LogP contribution in [0.3, 0.4) is 0 Å². The predicted molar refractivity (Wildman–Crippen MR) is 86.5 cm³/mol. The Labute approximate surface area is 129 Å². The molecule has 21 heavy (non-hydrogen) atoms. The van der Waals surface area contributed by atoms with Crippen LogP contribution in [0.1, 0.15) is 34.1 Å². The summed E-state index contributed by atoms with van der Waals surface area (Å²) in [6.45, 7) is 8.57. The minimum absolute atomic E-state index is 0.117. The number of fused-ring (bicyclic) bond motifs is 1. The van der Waals surface area contributed by atoms with E-state index in [4.69, 9.17) is 0 Å². The zero-order chi connectivity index (χ0) is 15.6. The van der Waals surface area contributed by atoms with E-state index in [0.717, 1.165) is 6.42 Å². The molecule has 2 aromatic heterocycles. The monoisotopic (exact) mass is 330 g/mol. The van der Waals surface area contributed by atoms with Gasteiger partial charge in [-0.15, -0.1) is 11.3 Å². The highest BCUT2D eigenvalue weighted by atomic mass is 32.2. The lowest BCUT2D eigenvalue weighted by atomic mass is 10.1. The van der Waals surface area contributed by atoms with E-state index in [1.807, 2.05) is 19.2 Å². The maximum atomic E-state index is 12.7. The van der Waals surface area contributed by atoms with E-state index in [1.54, 1.807) is 10.6 Å². The van der Waals surface area contributed by atoms with Gasteiger partial charge in [-0.1, -0.05) is 13.8 Å². The highest BCUT2D eigenvalue weighted by Gasteiger charge is 2.27. The molecule has 0 radical (unpaired) electrons. The van der Waals surface area contributed by atoms with Crippen molar-refractivity contribution in [2.24, 2.45) is 5.92 Å². The van der Waals surface area contributed by atoms with Gasteiger partial charge in [-0.3, -0.25) is 4.40 Å². The van der Waals surface area contributed by atoms with Crippen molar-refractivity contribution >= 4 is 32.1 Å². The topological polar surface area (TPSA) is 75.5 Å². The van der Waals surface area contributed by atoms with Crippen LogP contribution in [0.5, 0.6) is 0 Å². The number of thiazole rings is 1. The van der Waals surface area contributed by atoms with Crippen molar-refractivity contribution in [1.29, 1.82) is 0 Å². The molecule has 0 aromatic carbocycles. The third-order valence-electron chi connectivity index (χ3n) is 3.00. The van der Waals surface area contributed by atoms with Crippen molar-refractivity contribution in [1.82, 2.24) is 14.1 Å². The van der Waals surface area contributed by atoms with E-state index in [2.05, 4.69) is 28.9 Å². The molecule has 0 bridgehead atoms. The molecule has 1 unspecified atom stereocenters. The Hall–Kier alpha value is -1.12. The molecule has 2 aromatic rings. The summed E-state index contributed by atoms with van der Waals surface area (Å²) in [5.41, 5.74) is 0. The molecule has 0 aliphatic heterocycles. The lowest BCUT2D eigenvalue weighted by Gasteiger charge is -2.16. The quantitative estimate of drug-likeness (QED) is 0.818. The van der Waals surface area contributed by atoms with Crippen LogP contribution in [0.4, 0.5) is 5.82 Å². The summed E-state index contributed by atoms with van der Waals surface area (Å²) in [5.74, 6) is 0.844. The Balaban J connectivity index is 2.38. The summed E-state index contributed by atoms with van der Waals surface area (Å²) in [7, 11) is -3.62. The van der Waals surface area contributed by atoms with Gasteiger partial charge < -0.3 is 5.32 Å². The average Bonchev–Trinajstić information content (AvgIpc) is 2.86. The fraction of sp³-hybridized carbons (Fsp3) is 0.615. The Kier molecular flexibility index (Phi) is 4.90. The zero-order valence-corrected chi connectivity index (χ0v) is 14.4. The molecule has 2 rings (SSSR count). The van der Waals surface area contributed by atoms with E-state index in [1.165, 1.54) is 11.3 Å². The van der Waals surface area contributed by atoms with Gasteiger partial charge >= 0.3 is 0 Å². The number of aromatic nitrogens is 2. The Morgan fingerprint density at radius 1 is 1.38 bits per heavy atom. The van der Waals surface area contributed by atoms with Gasteiger partial charge in [-0.05, 0) is 26.2 Å². The van der Waals surface area contributed by atoms with E-state index < -0.39 is 10.0 Å². The number of sulfonamides is 1. The van der Waals surface area contributed by atoms with Crippen LogP contribution >= 0.6 is 11.3 Å². The first kappa shape index (κ1) is 16.3. The smallest absolute Gasteiger partial charge is 0.260 e. The van der Waals surface area contributed by atoms with Crippen molar-refractivity contribution in [2.75, 3.05) is 11.9 Å². The van der Waals surface area contributed by atoms with Crippen molar-refractivity contribution in [3.8, 4) is 0 Å². The fourth-order valence-corrected chi connectivity index (χ4v) is 4.67. The molecule has 6 nitrogen and oxygen atoms in total. The fourth-order valence-electron chi connectivity index (χ4n) is 2.38. The number of hydrogen-bond acceptors (Lipinski definition) is 5. The van der Waals surface area contributed by atoms with Crippen LogP contribution < -0.4 is 10.0 Å². The van der Waals surface area contributed by atoms with Gasteiger partial charge in [-0.2, -0.15) is 0 Å². The molecule has 0 aliphatic rings. The summed E-state index contributed by atoms with van der Waals surface area (Å²) >= 11 is 1.41. The van der Waals surface area contributed by atoms with Gasteiger partial charge in [0.1, 0.15) is 0 Å². The summed E-state index contributed by atoms with van der Waals surface area (Å²) in [5, 5.41) is 5.05. The van der Waals surface area contributed by atoms with Crippen LogP contribution in [0.2, 0.25) is 0 Å². The minimum atomic E-state index is -3.62.